The van der Waals surface area contributed by atoms with Crippen LogP contribution in [0.15, 0.2) is 59.2 Å². The van der Waals surface area contributed by atoms with E-state index in [9.17, 15) is 23.1 Å². The molecule has 0 aliphatic rings. The number of amides is 1. The number of rotatable bonds is 6. The van der Waals surface area contributed by atoms with Gasteiger partial charge in [0.15, 0.2) is 11.6 Å². The second-order valence-electron chi connectivity index (χ2n) is 5.93. The fourth-order valence-electron chi connectivity index (χ4n) is 2.43. The zero-order valence-electron chi connectivity index (χ0n) is 14.7. The first-order chi connectivity index (χ1) is 13.8. The standard InChI is InChI=1S/C20H14BrF3N2O3/c21-14-9-12(22)4-6-18(14)29-20-13(2-1-7-25-20)19(28)26-10-17(27)11-3-5-15(23)16(24)8-11/h1-9,17,27H,10H2,(H,26,28). The van der Waals surface area contributed by atoms with Gasteiger partial charge < -0.3 is 15.2 Å². The molecule has 2 aromatic carbocycles. The number of nitrogens with one attached hydrogen (secondary N) is 1. The van der Waals surface area contributed by atoms with Gasteiger partial charge >= 0.3 is 0 Å². The molecule has 1 amide bonds. The fourth-order valence-corrected chi connectivity index (χ4v) is 2.86. The number of hydrogen-bond donors (Lipinski definition) is 2. The van der Waals surface area contributed by atoms with Crippen molar-refractivity contribution in [2.45, 2.75) is 6.10 Å². The van der Waals surface area contributed by atoms with Crippen molar-refractivity contribution < 1.29 is 27.8 Å². The molecule has 1 aromatic heterocycles. The molecular weight excluding hydrogens is 453 g/mol. The second-order valence-corrected chi connectivity index (χ2v) is 6.79. The predicted molar refractivity (Wildman–Crippen MR) is 102 cm³/mol. The molecule has 2 N–H and O–H groups in total. The molecule has 0 aliphatic carbocycles. The molecule has 1 unspecified atom stereocenters. The molecule has 1 heterocycles. The Hall–Kier alpha value is -2.91. The van der Waals surface area contributed by atoms with E-state index in [0.717, 1.165) is 12.1 Å². The highest BCUT2D eigenvalue weighted by molar-refractivity contribution is 9.10. The molecule has 5 nitrogen and oxygen atoms in total. The van der Waals surface area contributed by atoms with Gasteiger partial charge in [-0.15, -0.1) is 0 Å². The molecule has 0 fully saturated rings. The predicted octanol–water partition coefficient (Wildman–Crippen LogP) is 4.52. The number of carbonyl (C=O) groups excluding carboxylic acids is 1. The molecule has 29 heavy (non-hydrogen) atoms. The van der Waals surface area contributed by atoms with Crippen molar-refractivity contribution in [3.05, 3.63) is 87.8 Å². The molecule has 3 aromatic rings. The fraction of sp³-hybridized carbons (Fsp3) is 0.100. The molecule has 150 valence electrons. The minimum Gasteiger partial charge on any atom is -0.437 e. The van der Waals surface area contributed by atoms with Crippen molar-refractivity contribution in [3.8, 4) is 11.6 Å². The third-order valence-corrected chi connectivity index (χ3v) is 4.52. The van der Waals surface area contributed by atoms with Crippen LogP contribution >= 0.6 is 15.9 Å². The molecule has 3 rings (SSSR count). The van der Waals surface area contributed by atoms with E-state index in [4.69, 9.17) is 4.74 Å². The van der Waals surface area contributed by atoms with Crippen LogP contribution in [0.2, 0.25) is 0 Å². The lowest BCUT2D eigenvalue weighted by Gasteiger charge is -2.14. The van der Waals surface area contributed by atoms with E-state index < -0.39 is 29.5 Å². The molecular formula is C20H14BrF3N2O3. The number of aliphatic hydroxyl groups is 1. The molecule has 1 atom stereocenters. The minimum absolute atomic E-state index is 0.0281. The van der Waals surface area contributed by atoms with Gasteiger partial charge in [-0.25, -0.2) is 18.2 Å². The summed E-state index contributed by atoms with van der Waals surface area (Å²) in [5.41, 5.74) is 0.184. The Balaban J connectivity index is 1.71. The van der Waals surface area contributed by atoms with Crippen LogP contribution in [0.25, 0.3) is 0 Å². The van der Waals surface area contributed by atoms with Crippen LogP contribution in [0.5, 0.6) is 11.6 Å². The van der Waals surface area contributed by atoms with Crippen LogP contribution in [0.3, 0.4) is 0 Å². The van der Waals surface area contributed by atoms with Crippen LogP contribution in [0.1, 0.15) is 22.0 Å². The third-order valence-electron chi connectivity index (χ3n) is 3.90. The lowest BCUT2D eigenvalue weighted by atomic mass is 10.1. The van der Waals surface area contributed by atoms with Gasteiger partial charge in [-0.1, -0.05) is 6.07 Å². The van der Waals surface area contributed by atoms with E-state index in [2.05, 4.69) is 26.2 Å². The van der Waals surface area contributed by atoms with Gasteiger partial charge in [-0.05, 0) is 64.0 Å². The number of halogens is 4. The Morgan fingerprint density at radius 2 is 1.93 bits per heavy atom. The summed E-state index contributed by atoms with van der Waals surface area (Å²) in [6.45, 7) is -0.252. The summed E-state index contributed by atoms with van der Waals surface area (Å²) in [4.78, 5) is 16.5. The first-order valence-electron chi connectivity index (χ1n) is 8.34. The summed E-state index contributed by atoms with van der Waals surface area (Å²) in [6, 6.07) is 9.73. The summed E-state index contributed by atoms with van der Waals surface area (Å²) in [5.74, 6) is -2.97. The SMILES string of the molecule is O=C(NCC(O)c1ccc(F)c(F)c1)c1cccnc1Oc1ccc(F)cc1Br. The van der Waals surface area contributed by atoms with Crippen molar-refractivity contribution >= 4 is 21.8 Å². The summed E-state index contributed by atoms with van der Waals surface area (Å²) in [5, 5.41) is 12.6. The van der Waals surface area contributed by atoms with Crippen molar-refractivity contribution in [2.24, 2.45) is 0 Å². The Morgan fingerprint density at radius 1 is 1.14 bits per heavy atom. The van der Waals surface area contributed by atoms with E-state index >= 15 is 0 Å². The highest BCUT2D eigenvalue weighted by Crippen LogP contribution is 2.30. The number of benzene rings is 2. The second kappa shape index (κ2) is 9.06. The molecule has 0 saturated heterocycles. The molecule has 0 saturated carbocycles. The van der Waals surface area contributed by atoms with Crippen molar-refractivity contribution in [3.63, 3.8) is 0 Å². The van der Waals surface area contributed by atoms with E-state index in [-0.39, 0.29) is 29.3 Å². The Bertz CT molecular complexity index is 1050. The van der Waals surface area contributed by atoms with Gasteiger partial charge in [0.05, 0.1) is 10.6 Å². The van der Waals surface area contributed by atoms with Gasteiger partial charge in [-0.3, -0.25) is 4.79 Å². The number of carbonyl (C=O) groups is 1. The average molecular weight is 467 g/mol. The van der Waals surface area contributed by atoms with Gasteiger partial charge in [0.1, 0.15) is 17.1 Å². The van der Waals surface area contributed by atoms with Crippen molar-refractivity contribution in [1.29, 1.82) is 0 Å². The maximum atomic E-state index is 13.3. The summed E-state index contributed by atoms with van der Waals surface area (Å²) in [7, 11) is 0. The third kappa shape index (κ3) is 5.12. The summed E-state index contributed by atoms with van der Waals surface area (Å²) in [6.07, 6.45) is 0.168. The van der Waals surface area contributed by atoms with E-state index in [1.54, 1.807) is 0 Å². The summed E-state index contributed by atoms with van der Waals surface area (Å²) >= 11 is 3.17. The van der Waals surface area contributed by atoms with E-state index in [1.165, 1.54) is 42.6 Å². The van der Waals surface area contributed by atoms with E-state index in [1.807, 2.05) is 0 Å². The highest BCUT2D eigenvalue weighted by Gasteiger charge is 2.18. The molecule has 0 aliphatic heterocycles. The topological polar surface area (TPSA) is 71.5 Å². The van der Waals surface area contributed by atoms with Gasteiger partial charge in [-0.2, -0.15) is 0 Å². The number of pyridine rings is 1. The van der Waals surface area contributed by atoms with Gasteiger partial charge in [0.25, 0.3) is 5.91 Å². The molecule has 9 heteroatoms. The largest absolute Gasteiger partial charge is 0.437 e. The molecule has 0 radical (unpaired) electrons. The Morgan fingerprint density at radius 3 is 2.66 bits per heavy atom. The van der Waals surface area contributed by atoms with E-state index in [0.29, 0.717) is 4.47 Å². The molecule has 0 bridgehead atoms. The number of aromatic nitrogens is 1. The lowest BCUT2D eigenvalue weighted by molar-refractivity contribution is 0.0913. The Kier molecular flexibility index (Phi) is 6.50. The quantitative estimate of drug-likeness (QED) is 0.560. The van der Waals surface area contributed by atoms with Crippen LogP contribution in [-0.2, 0) is 0 Å². The van der Waals surface area contributed by atoms with Crippen molar-refractivity contribution in [2.75, 3.05) is 6.54 Å². The summed E-state index contributed by atoms with van der Waals surface area (Å²) < 4.78 is 45.5. The van der Waals surface area contributed by atoms with Gasteiger partial charge in [0.2, 0.25) is 5.88 Å². The maximum absolute atomic E-state index is 13.3. The van der Waals surface area contributed by atoms with Crippen LogP contribution < -0.4 is 10.1 Å². The number of hydrogen-bond acceptors (Lipinski definition) is 4. The number of nitrogens with zero attached hydrogens (tertiary/aromatic N) is 1. The Labute approximate surface area is 172 Å². The zero-order valence-corrected chi connectivity index (χ0v) is 16.3. The average Bonchev–Trinajstić information content (AvgIpc) is 2.70. The monoisotopic (exact) mass is 466 g/mol. The first-order valence-corrected chi connectivity index (χ1v) is 9.13. The number of ether oxygens (including phenoxy) is 1. The minimum atomic E-state index is -1.25. The van der Waals surface area contributed by atoms with Crippen LogP contribution in [-0.4, -0.2) is 22.5 Å². The number of aliphatic hydroxyl groups excluding tert-OH is 1. The zero-order chi connectivity index (χ0) is 21.0. The lowest BCUT2D eigenvalue weighted by Crippen LogP contribution is -2.28. The molecule has 0 spiro atoms. The smallest absolute Gasteiger partial charge is 0.256 e. The normalized spacial score (nSPS) is 11.8. The van der Waals surface area contributed by atoms with Gasteiger partial charge in [0, 0.05) is 12.7 Å². The van der Waals surface area contributed by atoms with Crippen molar-refractivity contribution in [1.82, 2.24) is 10.3 Å². The first kappa shape index (κ1) is 20.8. The highest BCUT2D eigenvalue weighted by atomic mass is 79.9. The van der Waals surface area contributed by atoms with Crippen LogP contribution in [0, 0.1) is 17.5 Å². The van der Waals surface area contributed by atoms with Crippen LogP contribution in [0.4, 0.5) is 13.2 Å². The maximum Gasteiger partial charge on any atom is 0.256 e.